The zero-order valence-electron chi connectivity index (χ0n) is 36.2. The largest absolute Gasteiger partial charge is 0.495 e. The number of fused-ring (bicyclic) bond motifs is 2. The first-order valence-corrected chi connectivity index (χ1v) is 20.2. The van der Waals surface area contributed by atoms with E-state index in [0.717, 1.165) is 22.6 Å². The summed E-state index contributed by atoms with van der Waals surface area (Å²) >= 11 is 0. The van der Waals surface area contributed by atoms with Crippen LogP contribution in [0.15, 0.2) is 97.1 Å². The number of aryl methyl sites for hydroxylation is 1. The number of carbonyl (C=O) groups is 1. The molecule has 8 rings (SSSR count). The first-order chi connectivity index (χ1) is 30.9. The molecule has 0 saturated carbocycles. The molecule has 0 aliphatic heterocycles. The summed E-state index contributed by atoms with van der Waals surface area (Å²) in [7, 11) is 1.54. The molecule has 8 aromatic rings. The molecule has 17 nitrogen and oxygen atoms in total. The summed E-state index contributed by atoms with van der Waals surface area (Å²) in [5.41, 5.74) is 11.1. The second-order valence-electron chi connectivity index (χ2n) is 14.9. The van der Waals surface area contributed by atoms with Gasteiger partial charge < -0.3 is 24.7 Å². The Hall–Kier alpha value is -8.57. The fraction of sp³-hybridized carbons (Fsp3) is 0.213. The molecule has 1 amide bonds. The van der Waals surface area contributed by atoms with Crippen molar-refractivity contribution in [3.63, 3.8) is 0 Å². The molecule has 64 heavy (non-hydrogen) atoms. The van der Waals surface area contributed by atoms with Gasteiger partial charge in [0.1, 0.15) is 46.0 Å². The molecule has 322 valence electrons. The molecular formula is C47H44N12O5. The van der Waals surface area contributed by atoms with Crippen LogP contribution in [0.25, 0.3) is 56.5 Å². The number of nitrogen functional groups attached to an aromatic ring is 1. The predicted octanol–water partition coefficient (Wildman–Crippen LogP) is 8.75. The summed E-state index contributed by atoms with van der Waals surface area (Å²) in [4.78, 5) is 39.7. The number of anilines is 2. The van der Waals surface area contributed by atoms with Gasteiger partial charge in [0, 0.05) is 11.1 Å². The van der Waals surface area contributed by atoms with Gasteiger partial charge in [-0.25, -0.2) is 34.7 Å². The molecular weight excluding hydrogens is 813 g/mol. The SMILES string of the molecule is CCOc1ccc(-c2nc(C#N)c3nc(N)n(-c4ccccc4C)c3n2)cc1.CCOc1ccc(-c2nc(C#N)c3nc(NC(=O)OC(C)(C)C)n(-c4ccccc4OC)c3n2)cc1. The van der Waals surface area contributed by atoms with Gasteiger partial charge in [-0.15, -0.1) is 0 Å². The zero-order valence-corrected chi connectivity index (χ0v) is 36.2. The Morgan fingerprint density at radius 1 is 0.688 bits per heavy atom. The number of carbonyl (C=O) groups excluding carboxylic acids is 1. The number of imidazole rings is 2. The lowest BCUT2D eigenvalue weighted by Gasteiger charge is -2.20. The molecule has 0 aliphatic rings. The standard InChI is InChI=1S/C26H26N6O4.C21H18N6O/c1-6-35-17-13-11-16(12-14-17)22-28-18(15-27)21-23(30-22)32(19-9-7-8-10-20(19)34-5)24(29-21)31-25(33)36-26(2,3)4;1-3-28-15-10-8-14(9-11-15)19-24-16(12-22)18-20(26-19)27(21(23)25-18)17-7-5-4-6-13(17)2/h7-14H,6H2,1-5H3,(H,29,31,33);4-11H,3H2,1-2H3,(H2,23,25). The molecule has 0 aliphatic carbocycles. The van der Waals surface area contributed by atoms with E-state index in [9.17, 15) is 15.3 Å². The number of methoxy groups -OCH3 is 1. The Morgan fingerprint density at radius 2 is 1.19 bits per heavy atom. The van der Waals surface area contributed by atoms with Crippen molar-refractivity contribution in [3.05, 3.63) is 114 Å². The van der Waals surface area contributed by atoms with E-state index in [1.807, 2.05) is 106 Å². The van der Waals surface area contributed by atoms with Crippen LogP contribution in [0.1, 0.15) is 51.6 Å². The number of nitrogens with zero attached hydrogens (tertiary/aromatic N) is 10. The minimum absolute atomic E-state index is 0.0600. The maximum absolute atomic E-state index is 12.6. The highest BCUT2D eigenvalue weighted by molar-refractivity contribution is 5.90. The molecule has 4 aromatic heterocycles. The average Bonchev–Trinajstić information content (AvgIpc) is 3.82. The third-order valence-corrected chi connectivity index (χ3v) is 9.39. The van der Waals surface area contributed by atoms with Crippen molar-refractivity contribution in [2.75, 3.05) is 31.4 Å². The monoisotopic (exact) mass is 856 g/mol. The molecule has 0 fully saturated rings. The van der Waals surface area contributed by atoms with Crippen LogP contribution in [0.2, 0.25) is 0 Å². The van der Waals surface area contributed by atoms with Gasteiger partial charge in [0.25, 0.3) is 0 Å². The van der Waals surface area contributed by atoms with E-state index in [0.29, 0.717) is 64.4 Å². The van der Waals surface area contributed by atoms with Crippen molar-refractivity contribution < 1.29 is 23.7 Å². The van der Waals surface area contributed by atoms with Crippen molar-refractivity contribution in [1.29, 1.82) is 10.5 Å². The number of rotatable bonds is 10. The fourth-order valence-electron chi connectivity index (χ4n) is 6.65. The van der Waals surface area contributed by atoms with Crippen molar-refractivity contribution >= 4 is 40.3 Å². The lowest BCUT2D eigenvalue weighted by atomic mass is 10.2. The number of benzene rings is 4. The molecule has 4 heterocycles. The normalized spacial score (nSPS) is 11.0. The number of nitrogens with two attached hydrogens (primary N) is 1. The molecule has 0 atom stereocenters. The average molecular weight is 857 g/mol. The van der Waals surface area contributed by atoms with E-state index in [-0.39, 0.29) is 28.8 Å². The number of para-hydroxylation sites is 3. The third kappa shape index (κ3) is 9.19. The van der Waals surface area contributed by atoms with Crippen LogP contribution < -0.4 is 25.3 Å². The van der Waals surface area contributed by atoms with E-state index in [1.54, 1.807) is 49.1 Å². The van der Waals surface area contributed by atoms with Gasteiger partial charge in [-0.1, -0.05) is 30.3 Å². The smallest absolute Gasteiger partial charge is 0.414 e. The van der Waals surface area contributed by atoms with Gasteiger partial charge in [0.05, 0.1) is 31.7 Å². The number of hydrogen-bond acceptors (Lipinski definition) is 14. The van der Waals surface area contributed by atoms with Crippen molar-refractivity contribution in [1.82, 2.24) is 39.0 Å². The van der Waals surface area contributed by atoms with Crippen LogP contribution in [0.3, 0.4) is 0 Å². The Balaban J connectivity index is 0.000000197. The number of aromatic nitrogens is 8. The molecule has 3 N–H and O–H groups in total. The molecule has 0 unspecified atom stereocenters. The maximum Gasteiger partial charge on any atom is 0.414 e. The summed E-state index contributed by atoms with van der Waals surface area (Å²) in [6.45, 7) is 12.3. The predicted molar refractivity (Wildman–Crippen MR) is 242 cm³/mol. The Morgan fingerprint density at radius 3 is 1.69 bits per heavy atom. The van der Waals surface area contributed by atoms with Crippen LogP contribution >= 0.6 is 0 Å². The Labute approximate surface area is 368 Å². The molecule has 17 heteroatoms. The fourth-order valence-corrected chi connectivity index (χ4v) is 6.65. The number of hydrogen-bond donors (Lipinski definition) is 2. The number of ether oxygens (including phenoxy) is 4. The third-order valence-electron chi connectivity index (χ3n) is 9.39. The molecule has 0 saturated heterocycles. The van der Waals surface area contributed by atoms with Gasteiger partial charge in [-0.05, 0) is 114 Å². The van der Waals surface area contributed by atoms with Gasteiger partial charge in [-0.3, -0.25) is 14.5 Å². The van der Waals surface area contributed by atoms with Crippen LogP contribution in [0.4, 0.5) is 16.7 Å². The quantitative estimate of drug-likeness (QED) is 0.131. The zero-order chi connectivity index (χ0) is 45.5. The highest BCUT2D eigenvalue weighted by Gasteiger charge is 2.25. The van der Waals surface area contributed by atoms with E-state index in [2.05, 4.69) is 42.4 Å². The summed E-state index contributed by atoms with van der Waals surface area (Å²) in [5.74, 6) is 3.12. The lowest BCUT2D eigenvalue weighted by molar-refractivity contribution is 0.0634. The highest BCUT2D eigenvalue weighted by atomic mass is 16.6. The number of amides is 1. The van der Waals surface area contributed by atoms with E-state index in [1.165, 1.54) is 0 Å². The first kappa shape index (κ1) is 43.5. The van der Waals surface area contributed by atoms with E-state index in [4.69, 9.17) is 29.7 Å². The van der Waals surface area contributed by atoms with Crippen LogP contribution in [0.5, 0.6) is 17.2 Å². The molecule has 0 bridgehead atoms. The molecule has 0 spiro atoms. The summed E-state index contributed by atoms with van der Waals surface area (Å²) < 4.78 is 25.3. The van der Waals surface area contributed by atoms with Crippen molar-refractivity contribution in [2.45, 2.75) is 47.1 Å². The maximum atomic E-state index is 12.6. The molecule has 4 aromatic carbocycles. The first-order valence-electron chi connectivity index (χ1n) is 20.2. The van der Waals surface area contributed by atoms with Crippen molar-refractivity contribution in [2.24, 2.45) is 0 Å². The van der Waals surface area contributed by atoms with Gasteiger partial charge in [0.2, 0.25) is 11.9 Å². The number of nitrogens with one attached hydrogen (secondary N) is 1. The minimum atomic E-state index is -0.718. The second kappa shape index (κ2) is 18.6. The van der Waals surface area contributed by atoms with E-state index >= 15 is 0 Å². The Bertz CT molecular complexity index is 3070. The van der Waals surface area contributed by atoms with Crippen LogP contribution in [-0.4, -0.2) is 71.1 Å². The van der Waals surface area contributed by atoms with Crippen LogP contribution in [-0.2, 0) is 4.74 Å². The summed E-state index contributed by atoms with van der Waals surface area (Å²) in [5, 5.41) is 22.2. The highest BCUT2D eigenvalue weighted by Crippen LogP contribution is 2.33. The van der Waals surface area contributed by atoms with Crippen LogP contribution in [0, 0.1) is 29.6 Å². The van der Waals surface area contributed by atoms with E-state index < -0.39 is 11.7 Å². The van der Waals surface area contributed by atoms with Gasteiger partial charge in [0.15, 0.2) is 34.3 Å². The Kier molecular flexibility index (Phi) is 12.6. The molecule has 0 radical (unpaired) electrons. The van der Waals surface area contributed by atoms with Crippen molar-refractivity contribution in [3.8, 4) is 63.5 Å². The summed E-state index contributed by atoms with van der Waals surface area (Å²) in [6.07, 6.45) is -0.702. The second-order valence-corrected chi connectivity index (χ2v) is 14.9. The summed E-state index contributed by atoms with van der Waals surface area (Å²) in [6, 6.07) is 33.9. The van der Waals surface area contributed by atoms with Gasteiger partial charge in [-0.2, -0.15) is 10.5 Å². The lowest BCUT2D eigenvalue weighted by Crippen LogP contribution is -2.28. The minimum Gasteiger partial charge on any atom is -0.495 e. The topological polar surface area (TPSA) is 227 Å². The van der Waals surface area contributed by atoms with Gasteiger partial charge >= 0.3 is 6.09 Å². The number of nitriles is 2.